The molecule has 0 fully saturated rings. The van der Waals surface area contributed by atoms with Crippen molar-refractivity contribution in [2.24, 2.45) is 0 Å². The number of methoxy groups -OCH3 is 1. The number of benzene rings is 1. The molecule has 0 amide bonds. The molecule has 0 radical (unpaired) electrons. The number of anilines is 1. The first kappa shape index (κ1) is 13.9. The number of carbonyl (C=O) groups is 1. The second kappa shape index (κ2) is 5.45. The first-order chi connectivity index (χ1) is 7.95. The van der Waals surface area contributed by atoms with Gasteiger partial charge in [-0.25, -0.2) is 0 Å². The Kier molecular flexibility index (Phi) is 4.46. The Hall–Kier alpha value is -1.16. The summed E-state index contributed by atoms with van der Waals surface area (Å²) in [4.78, 5) is 11.9. The minimum atomic E-state index is -0.666. The predicted molar refractivity (Wildman–Crippen MR) is 73.2 cm³/mol. The normalized spacial score (nSPS) is 14.1. The van der Waals surface area contributed by atoms with E-state index in [0.29, 0.717) is 17.1 Å². The Morgan fingerprint density at radius 1 is 1.59 bits per heavy atom. The van der Waals surface area contributed by atoms with Gasteiger partial charge in [-0.3, -0.25) is 4.79 Å². The van der Waals surface area contributed by atoms with Crippen molar-refractivity contribution in [1.29, 1.82) is 0 Å². The molecule has 1 atom stereocenters. The van der Waals surface area contributed by atoms with Crippen molar-refractivity contribution < 1.29 is 9.53 Å². The van der Waals surface area contributed by atoms with Crippen molar-refractivity contribution in [2.45, 2.75) is 25.1 Å². The van der Waals surface area contributed by atoms with Gasteiger partial charge in [-0.15, -0.1) is 0 Å². The van der Waals surface area contributed by atoms with Gasteiger partial charge in [0, 0.05) is 0 Å². The first-order valence-electron chi connectivity index (χ1n) is 5.59. The molecule has 3 nitrogen and oxygen atoms in total. The fraction of sp³-hybridized carbons (Fsp3) is 0.417. The third kappa shape index (κ3) is 2.75. The molecule has 0 aliphatic heterocycles. The maximum Gasteiger partial charge on any atom is 0.315 e. The molecule has 0 saturated heterocycles. The zero-order valence-electron chi connectivity index (χ0n) is 10.4. The van der Waals surface area contributed by atoms with Gasteiger partial charge in [-0.1, -0.05) is 24.0 Å². The van der Waals surface area contributed by atoms with Crippen LogP contribution in [0.1, 0.15) is 18.9 Å². The molecule has 0 heterocycles. The fourth-order valence-corrected chi connectivity index (χ4v) is 2.14. The third-order valence-corrected chi connectivity index (χ3v) is 3.35. The summed E-state index contributed by atoms with van der Waals surface area (Å²) in [5.41, 5.74) is 6.35. The van der Waals surface area contributed by atoms with Gasteiger partial charge < -0.3 is 10.5 Å². The second-order valence-electron chi connectivity index (χ2n) is 4.31. The smallest absolute Gasteiger partial charge is 0.315 e. The van der Waals surface area contributed by atoms with Crippen molar-refractivity contribution in [3.05, 3.63) is 28.8 Å². The van der Waals surface area contributed by atoms with E-state index in [1.807, 2.05) is 20.8 Å². The average Bonchev–Trinajstić information content (AvgIpc) is 2.31. The standard InChI is InChI=1S/C12H17BClNO2/c1-12(5-6-13,11(16)17-2)8-3-4-10(15)9(14)7-8/h3-4,7H,5-6,13,15H2,1-2H3. The summed E-state index contributed by atoms with van der Waals surface area (Å²) in [6.07, 6.45) is 1.59. The molecule has 1 aromatic carbocycles. The molecular weight excluding hydrogens is 236 g/mol. The van der Waals surface area contributed by atoms with Crippen molar-refractivity contribution in [1.82, 2.24) is 0 Å². The molecule has 17 heavy (non-hydrogen) atoms. The van der Waals surface area contributed by atoms with E-state index in [-0.39, 0.29) is 5.97 Å². The summed E-state index contributed by atoms with van der Waals surface area (Å²) in [5, 5.41) is 0.466. The Bertz CT molecular complexity index is 425. The lowest BCUT2D eigenvalue weighted by molar-refractivity contribution is -0.147. The van der Waals surface area contributed by atoms with Crippen molar-refractivity contribution in [3.63, 3.8) is 0 Å². The fourth-order valence-electron chi connectivity index (χ4n) is 1.96. The molecule has 5 heteroatoms. The Morgan fingerprint density at radius 3 is 2.71 bits per heavy atom. The summed E-state index contributed by atoms with van der Waals surface area (Å²) in [7, 11) is 3.43. The van der Waals surface area contributed by atoms with Gasteiger partial charge in [0.1, 0.15) is 7.85 Å². The Labute approximate surface area is 108 Å². The van der Waals surface area contributed by atoms with Crippen LogP contribution in [-0.2, 0) is 14.9 Å². The molecule has 0 saturated carbocycles. The van der Waals surface area contributed by atoms with Gasteiger partial charge in [-0.05, 0) is 31.0 Å². The Morgan fingerprint density at radius 2 is 2.24 bits per heavy atom. The number of esters is 1. The van der Waals surface area contributed by atoms with E-state index in [9.17, 15) is 4.79 Å². The van der Waals surface area contributed by atoms with Crippen LogP contribution in [0.3, 0.4) is 0 Å². The molecular formula is C12H17BClNO2. The molecule has 1 unspecified atom stereocenters. The lowest BCUT2D eigenvalue weighted by Crippen LogP contribution is -2.33. The quantitative estimate of drug-likeness (QED) is 0.506. The van der Waals surface area contributed by atoms with Crippen LogP contribution in [0.4, 0.5) is 5.69 Å². The number of ether oxygens (including phenoxy) is 1. The van der Waals surface area contributed by atoms with Crippen LogP contribution >= 0.6 is 11.6 Å². The first-order valence-corrected chi connectivity index (χ1v) is 5.97. The van der Waals surface area contributed by atoms with E-state index in [2.05, 4.69) is 0 Å². The maximum atomic E-state index is 11.9. The van der Waals surface area contributed by atoms with Crippen LogP contribution in [0, 0.1) is 0 Å². The number of hydrogen-bond donors (Lipinski definition) is 1. The predicted octanol–water partition coefficient (Wildman–Crippen LogP) is 1.79. The largest absolute Gasteiger partial charge is 0.468 e. The van der Waals surface area contributed by atoms with Gasteiger partial charge in [0.05, 0.1) is 23.2 Å². The van der Waals surface area contributed by atoms with Crippen LogP contribution in [0.2, 0.25) is 11.3 Å². The molecule has 2 N–H and O–H groups in total. The highest BCUT2D eigenvalue weighted by atomic mass is 35.5. The van der Waals surface area contributed by atoms with Gasteiger partial charge >= 0.3 is 5.97 Å². The third-order valence-electron chi connectivity index (χ3n) is 3.02. The van der Waals surface area contributed by atoms with E-state index in [1.54, 1.807) is 12.1 Å². The van der Waals surface area contributed by atoms with Crippen LogP contribution in [-0.4, -0.2) is 20.9 Å². The van der Waals surface area contributed by atoms with Crippen LogP contribution in [0.15, 0.2) is 18.2 Å². The van der Waals surface area contributed by atoms with E-state index in [4.69, 9.17) is 22.1 Å². The maximum absolute atomic E-state index is 11.9. The number of hydrogen-bond acceptors (Lipinski definition) is 3. The number of rotatable bonds is 4. The monoisotopic (exact) mass is 253 g/mol. The summed E-state index contributed by atoms with van der Waals surface area (Å²) in [5.74, 6) is -0.250. The lowest BCUT2D eigenvalue weighted by atomic mass is 9.75. The van der Waals surface area contributed by atoms with Crippen molar-refractivity contribution in [3.8, 4) is 0 Å². The molecule has 1 aromatic rings. The number of nitrogens with two attached hydrogens (primary N) is 1. The summed E-state index contributed by atoms with van der Waals surface area (Å²) >= 11 is 5.99. The van der Waals surface area contributed by atoms with Crippen LogP contribution < -0.4 is 5.73 Å². The zero-order chi connectivity index (χ0) is 13.1. The highest BCUT2D eigenvalue weighted by Crippen LogP contribution is 2.33. The Balaban J connectivity index is 3.22. The highest BCUT2D eigenvalue weighted by Gasteiger charge is 2.35. The van der Waals surface area contributed by atoms with Gasteiger partial charge in [-0.2, -0.15) is 0 Å². The molecule has 1 rings (SSSR count). The lowest BCUT2D eigenvalue weighted by Gasteiger charge is -2.27. The van der Waals surface area contributed by atoms with Crippen LogP contribution in [0.25, 0.3) is 0 Å². The van der Waals surface area contributed by atoms with Crippen LogP contribution in [0.5, 0.6) is 0 Å². The summed E-state index contributed by atoms with van der Waals surface area (Å²) < 4.78 is 4.88. The van der Waals surface area contributed by atoms with Gasteiger partial charge in [0.2, 0.25) is 0 Å². The topological polar surface area (TPSA) is 52.3 Å². The van der Waals surface area contributed by atoms with Gasteiger partial charge in [0.25, 0.3) is 0 Å². The number of nitrogen functional groups attached to an aromatic ring is 1. The van der Waals surface area contributed by atoms with E-state index >= 15 is 0 Å². The SMILES string of the molecule is BCCC(C)(C(=O)OC)c1ccc(N)c(Cl)c1. The van der Waals surface area contributed by atoms with E-state index < -0.39 is 5.41 Å². The van der Waals surface area contributed by atoms with Gasteiger partial charge in [0.15, 0.2) is 0 Å². The number of halogens is 1. The minimum Gasteiger partial charge on any atom is -0.468 e. The van der Waals surface area contributed by atoms with Crippen molar-refractivity contribution >= 4 is 31.1 Å². The minimum absolute atomic E-state index is 0.250. The number of carbonyl (C=O) groups excluding carboxylic acids is 1. The molecule has 0 aliphatic carbocycles. The zero-order valence-corrected chi connectivity index (χ0v) is 11.2. The molecule has 0 aliphatic rings. The van der Waals surface area contributed by atoms with E-state index in [0.717, 1.165) is 11.9 Å². The average molecular weight is 254 g/mol. The van der Waals surface area contributed by atoms with Crippen molar-refractivity contribution in [2.75, 3.05) is 12.8 Å². The molecule has 92 valence electrons. The molecule has 0 spiro atoms. The second-order valence-corrected chi connectivity index (χ2v) is 4.72. The highest BCUT2D eigenvalue weighted by molar-refractivity contribution is 6.33. The summed E-state index contributed by atoms with van der Waals surface area (Å²) in [6.45, 7) is 1.87. The summed E-state index contributed by atoms with van der Waals surface area (Å²) in [6, 6.07) is 5.28. The molecule has 0 bridgehead atoms. The molecule has 0 aromatic heterocycles. The van der Waals surface area contributed by atoms with E-state index in [1.165, 1.54) is 7.11 Å².